The van der Waals surface area contributed by atoms with Crippen LogP contribution in [0.1, 0.15) is 91.8 Å². The maximum atomic E-state index is 13.7. The SMILES string of the molecule is CCOC(=O)c1ccc(C(CC)(CC)NC(=O)c2cnn3c2NC(c2ccccc2)CC3(C)C)cc1.Cl. The molecule has 1 aliphatic heterocycles. The molecule has 0 aliphatic carbocycles. The molecule has 0 bridgehead atoms. The molecule has 37 heavy (non-hydrogen) atoms. The number of rotatable bonds is 8. The highest BCUT2D eigenvalue weighted by atomic mass is 35.5. The van der Waals surface area contributed by atoms with Gasteiger partial charge in [0.2, 0.25) is 0 Å². The largest absolute Gasteiger partial charge is 0.462 e. The Bertz CT molecular complexity index is 1220. The molecule has 1 atom stereocenters. The van der Waals surface area contributed by atoms with Crippen molar-refractivity contribution in [3.8, 4) is 0 Å². The minimum atomic E-state index is -0.581. The van der Waals surface area contributed by atoms with E-state index in [2.05, 4.69) is 55.6 Å². The molecule has 2 aromatic carbocycles. The lowest BCUT2D eigenvalue weighted by molar-refractivity contribution is 0.0526. The molecule has 0 radical (unpaired) electrons. The third-order valence-electron chi connectivity index (χ3n) is 7.31. The third kappa shape index (κ3) is 5.52. The number of ether oxygens (including phenoxy) is 1. The van der Waals surface area contributed by atoms with Crippen LogP contribution in [-0.4, -0.2) is 28.3 Å². The standard InChI is InChI=1S/C29H36N4O3.ClH/c1-6-29(7-2,22-16-14-21(15-17-22)27(35)36-8-3)32-26(34)23-19-30-33-25(23)31-24(18-28(33,4)5)20-12-10-9-11-13-20;/h9-17,19,24,31H,6-8,18H2,1-5H3,(H,32,34);1H. The summed E-state index contributed by atoms with van der Waals surface area (Å²) in [6, 6.07) is 17.7. The Balaban J connectivity index is 0.00000380. The molecular formula is C29H37ClN4O3. The number of nitrogens with one attached hydrogen (secondary N) is 2. The van der Waals surface area contributed by atoms with E-state index in [1.807, 2.05) is 35.0 Å². The first-order chi connectivity index (χ1) is 17.2. The topological polar surface area (TPSA) is 85.2 Å². The van der Waals surface area contributed by atoms with Gasteiger partial charge in [0.1, 0.15) is 11.4 Å². The quantitative estimate of drug-likeness (QED) is 0.342. The number of hydrogen-bond donors (Lipinski definition) is 2. The van der Waals surface area contributed by atoms with Crippen LogP contribution in [0.15, 0.2) is 60.8 Å². The molecule has 0 saturated heterocycles. The van der Waals surface area contributed by atoms with Gasteiger partial charge < -0.3 is 15.4 Å². The lowest BCUT2D eigenvalue weighted by Crippen LogP contribution is -2.45. The van der Waals surface area contributed by atoms with Crippen molar-refractivity contribution in [2.24, 2.45) is 0 Å². The Morgan fingerprint density at radius 3 is 2.32 bits per heavy atom. The molecule has 0 spiro atoms. The summed E-state index contributed by atoms with van der Waals surface area (Å²) in [5.74, 6) is 0.211. The van der Waals surface area contributed by atoms with E-state index >= 15 is 0 Å². The van der Waals surface area contributed by atoms with Crippen LogP contribution in [0.25, 0.3) is 0 Å². The molecule has 3 aromatic rings. The van der Waals surface area contributed by atoms with Gasteiger partial charge in [0.05, 0.1) is 35.5 Å². The van der Waals surface area contributed by atoms with Crippen molar-refractivity contribution < 1.29 is 14.3 Å². The average molecular weight is 525 g/mol. The molecule has 4 rings (SSSR count). The van der Waals surface area contributed by atoms with Gasteiger partial charge in [-0.15, -0.1) is 12.4 Å². The van der Waals surface area contributed by atoms with Crippen molar-refractivity contribution in [3.63, 3.8) is 0 Å². The summed E-state index contributed by atoms with van der Waals surface area (Å²) >= 11 is 0. The fraction of sp³-hybridized carbons (Fsp3) is 0.414. The number of hydrogen-bond acceptors (Lipinski definition) is 5. The molecule has 198 valence electrons. The van der Waals surface area contributed by atoms with Crippen molar-refractivity contribution in [2.45, 2.75) is 71.0 Å². The molecule has 8 heteroatoms. The van der Waals surface area contributed by atoms with E-state index in [1.165, 1.54) is 5.56 Å². The number of halogens is 1. The monoisotopic (exact) mass is 524 g/mol. The lowest BCUT2D eigenvalue weighted by atomic mass is 9.84. The van der Waals surface area contributed by atoms with Gasteiger partial charge in [-0.3, -0.25) is 4.79 Å². The van der Waals surface area contributed by atoms with Crippen molar-refractivity contribution >= 4 is 30.1 Å². The number of anilines is 1. The van der Waals surface area contributed by atoms with Gasteiger partial charge >= 0.3 is 5.97 Å². The van der Waals surface area contributed by atoms with E-state index in [0.717, 1.165) is 17.8 Å². The lowest BCUT2D eigenvalue weighted by Gasteiger charge is -2.38. The van der Waals surface area contributed by atoms with Gasteiger partial charge in [0, 0.05) is 0 Å². The van der Waals surface area contributed by atoms with E-state index < -0.39 is 5.54 Å². The van der Waals surface area contributed by atoms with Crippen LogP contribution < -0.4 is 10.6 Å². The zero-order chi connectivity index (χ0) is 25.9. The molecule has 0 saturated carbocycles. The molecular weight excluding hydrogens is 488 g/mol. The normalized spacial score (nSPS) is 16.1. The third-order valence-corrected chi connectivity index (χ3v) is 7.31. The average Bonchev–Trinajstić information content (AvgIpc) is 3.33. The summed E-state index contributed by atoms with van der Waals surface area (Å²) < 4.78 is 7.03. The minimum Gasteiger partial charge on any atom is -0.462 e. The highest BCUT2D eigenvalue weighted by Gasteiger charge is 2.38. The maximum absolute atomic E-state index is 13.7. The number of esters is 1. The van der Waals surface area contributed by atoms with E-state index in [0.29, 0.717) is 30.6 Å². The van der Waals surface area contributed by atoms with E-state index in [1.54, 1.807) is 25.3 Å². The van der Waals surface area contributed by atoms with Crippen molar-refractivity contribution in [1.82, 2.24) is 15.1 Å². The highest BCUT2D eigenvalue weighted by Crippen LogP contribution is 2.40. The molecule has 0 fully saturated rings. The fourth-order valence-electron chi connectivity index (χ4n) is 5.13. The molecule has 1 aliphatic rings. The number of fused-ring (bicyclic) bond motifs is 1. The Kier molecular flexibility index (Phi) is 8.69. The summed E-state index contributed by atoms with van der Waals surface area (Å²) in [6.45, 7) is 10.5. The summed E-state index contributed by atoms with van der Waals surface area (Å²) in [6.07, 6.45) is 3.91. The minimum absolute atomic E-state index is 0. The Hall–Kier alpha value is -3.32. The number of amides is 1. The molecule has 1 amide bonds. The summed E-state index contributed by atoms with van der Waals surface area (Å²) in [7, 11) is 0. The first-order valence-electron chi connectivity index (χ1n) is 12.7. The van der Waals surface area contributed by atoms with E-state index in [4.69, 9.17) is 4.74 Å². The second kappa shape index (κ2) is 11.4. The first kappa shape index (κ1) is 28.3. The van der Waals surface area contributed by atoms with Gasteiger partial charge in [-0.25, -0.2) is 9.48 Å². The molecule has 1 unspecified atom stereocenters. The molecule has 2 N–H and O–H groups in total. The van der Waals surface area contributed by atoms with Gasteiger partial charge in [-0.05, 0) is 63.3 Å². The summed E-state index contributed by atoms with van der Waals surface area (Å²) in [4.78, 5) is 25.8. The van der Waals surface area contributed by atoms with Crippen LogP contribution >= 0.6 is 12.4 Å². The predicted octanol–water partition coefficient (Wildman–Crippen LogP) is 6.22. The number of nitrogens with zero attached hydrogens (tertiary/aromatic N) is 2. The Morgan fingerprint density at radius 2 is 1.73 bits per heavy atom. The summed E-state index contributed by atoms with van der Waals surface area (Å²) in [5.41, 5.74) is 2.32. The van der Waals surface area contributed by atoms with Crippen molar-refractivity contribution in [2.75, 3.05) is 11.9 Å². The number of carbonyl (C=O) groups is 2. The highest BCUT2D eigenvalue weighted by molar-refractivity contribution is 5.99. The predicted molar refractivity (Wildman–Crippen MR) is 148 cm³/mol. The van der Waals surface area contributed by atoms with Gasteiger partial charge in [-0.1, -0.05) is 56.3 Å². The van der Waals surface area contributed by atoms with Crippen LogP contribution in [0, 0.1) is 0 Å². The van der Waals surface area contributed by atoms with Gasteiger partial charge in [0.25, 0.3) is 5.91 Å². The van der Waals surface area contributed by atoms with Crippen LogP contribution in [0.5, 0.6) is 0 Å². The van der Waals surface area contributed by atoms with Gasteiger partial charge in [-0.2, -0.15) is 5.10 Å². The summed E-state index contributed by atoms with van der Waals surface area (Å²) in [5, 5.41) is 11.5. The van der Waals surface area contributed by atoms with Crippen LogP contribution in [-0.2, 0) is 15.8 Å². The van der Waals surface area contributed by atoms with Gasteiger partial charge in [0.15, 0.2) is 0 Å². The second-order valence-corrected chi connectivity index (χ2v) is 9.98. The van der Waals surface area contributed by atoms with E-state index in [-0.39, 0.29) is 35.9 Å². The molecule has 1 aromatic heterocycles. The Morgan fingerprint density at radius 1 is 1.08 bits per heavy atom. The smallest absolute Gasteiger partial charge is 0.338 e. The maximum Gasteiger partial charge on any atom is 0.338 e. The fourth-order valence-corrected chi connectivity index (χ4v) is 5.13. The zero-order valence-corrected chi connectivity index (χ0v) is 23.0. The number of aromatic nitrogens is 2. The second-order valence-electron chi connectivity index (χ2n) is 9.98. The van der Waals surface area contributed by atoms with E-state index in [9.17, 15) is 9.59 Å². The first-order valence-corrected chi connectivity index (χ1v) is 12.7. The van der Waals surface area contributed by atoms with Crippen LogP contribution in [0.2, 0.25) is 0 Å². The van der Waals surface area contributed by atoms with Crippen molar-refractivity contribution in [3.05, 3.63) is 83.0 Å². The van der Waals surface area contributed by atoms with Crippen LogP contribution in [0.4, 0.5) is 5.82 Å². The van der Waals surface area contributed by atoms with Crippen LogP contribution in [0.3, 0.4) is 0 Å². The molecule has 7 nitrogen and oxygen atoms in total. The zero-order valence-electron chi connectivity index (χ0n) is 22.2. The molecule has 2 heterocycles. The van der Waals surface area contributed by atoms with Crippen molar-refractivity contribution in [1.29, 1.82) is 0 Å². The number of benzene rings is 2. The Labute approximate surface area is 225 Å². The number of carbonyl (C=O) groups excluding carboxylic acids is 2.